The van der Waals surface area contributed by atoms with Crippen LogP contribution in [0.4, 0.5) is 0 Å². The van der Waals surface area contributed by atoms with Crippen LogP contribution in [-0.2, 0) is 10.8 Å². The summed E-state index contributed by atoms with van der Waals surface area (Å²) in [6.45, 7) is 5.38. The average molecular weight is 191 g/mol. The fraction of sp³-hybridized carbons (Fsp3) is 1.00. The highest BCUT2D eigenvalue weighted by molar-refractivity contribution is 7.85. The van der Waals surface area contributed by atoms with Crippen molar-refractivity contribution < 1.29 is 9.32 Å². The molecule has 3 atom stereocenters. The van der Waals surface area contributed by atoms with Crippen molar-refractivity contribution in [3.05, 3.63) is 0 Å². The van der Waals surface area contributed by atoms with E-state index in [-0.39, 0.29) is 5.25 Å². The van der Waals surface area contributed by atoms with Crippen molar-refractivity contribution >= 4 is 10.8 Å². The smallest absolute Gasteiger partial charge is 0.0820 e. The van der Waals surface area contributed by atoms with Gasteiger partial charge in [0.15, 0.2) is 0 Å². The Morgan fingerprint density at radius 2 is 2.25 bits per heavy atom. The highest BCUT2D eigenvalue weighted by atomic mass is 32.2. The van der Waals surface area contributed by atoms with E-state index in [0.717, 1.165) is 0 Å². The molecule has 4 heteroatoms. The SMILES string of the molecule is CC(C)CS(=O)C1CNCC1O. The summed E-state index contributed by atoms with van der Waals surface area (Å²) in [6, 6.07) is 0. The number of aliphatic hydroxyl groups excluding tert-OH is 1. The Morgan fingerprint density at radius 3 is 2.67 bits per heavy atom. The van der Waals surface area contributed by atoms with Gasteiger partial charge in [-0.05, 0) is 5.92 Å². The normalized spacial score (nSPS) is 32.7. The second kappa shape index (κ2) is 4.35. The molecule has 1 heterocycles. The van der Waals surface area contributed by atoms with Gasteiger partial charge in [0.05, 0.1) is 11.4 Å². The van der Waals surface area contributed by atoms with E-state index in [0.29, 0.717) is 24.8 Å². The quantitative estimate of drug-likeness (QED) is 0.645. The molecule has 0 amide bonds. The number of β-amino-alcohol motifs (C(OH)–C–C–N with tert-alkyl or cyclic N) is 1. The van der Waals surface area contributed by atoms with Crippen LogP contribution in [0.3, 0.4) is 0 Å². The molecule has 1 saturated heterocycles. The van der Waals surface area contributed by atoms with Gasteiger partial charge in [-0.3, -0.25) is 4.21 Å². The molecule has 0 bridgehead atoms. The minimum Gasteiger partial charge on any atom is -0.390 e. The van der Waals surface area contributed by atoms with Gasteiger partial charge in [-0.15, -0.1) is 0 Å². The Balaban J connectivity index is 2.41. The zero-order chi connectivity index (χ0) is 9.14. The Hall–Kier alpha value is 0.0700. The van der Waals surface area contributed by atoms with Crippen molar-refractivity contribution in [3.63, 3.8) is 0 Å². The third kappa shape index (κ3) is 2.54. The number of hydrogen-bond acceptors (Lipinski definition) is 3. The van der Waals surface area contributed by atoms with Crippen LogP contribution in [0.1, 0.15) is 13.8 Å². The van der Waals surface area contributed by atoms with Crippen LogP contribution in [0.25, 0.3) is 0 Å². The predicted molar refractivity (Wildman–Crippen MR) is 50.5 cm³/mol. The zero-order valence-electron chi connectivity index (χ0n) is 7.62. The largest absolute Gasteiger partial charge is 0.390 e. The number of hydrogen-bond donors (Lipinski definition) is 2. The molecule has 1 aliphatic rings. The lowest BCUT2D eigenvalue weighted by atomic mass is 10.3. The van der Waals surface area contributed by atoms with Gasteiger partial charge < -0.3 is 10.4 Å². The standard InChI is InChI=1S/C8H17NO2S/c1-6(2)5-12(11)8-4-9-3-7(8)10/h6-10H,3-5H2,1-2H3. The summed E-state index contributed by atoms with van der Waals surface area (Å²) in [5, 5.41) is 12.4. The van der Waals surface area contributed by atoms with Crippen molar-refractivity contribution in [1.29, 1.82) is 0 Å². The predicted octanol–water partition coefficient (Wildman–Crippen LogP) is -0.276. The summed E-state index contributed by atoms with van der Waals surface area (Å²) in [7, 11) is -0.868. The maximum absolute atomic E-state index is 11.6. The van der Waals surface area contributed by atoms with Crippen molar-refractivity contribution in [2.75, 3.05) is 18.8 Å². The third-order valence-electron chi connectivity index (χ3n) is 1.96. The molecule has 0 aliphatic carbocycles. The first-order chi connectivity index (χ1) is 5.61. The first kappa shape index (κ1) is 10.2. The van der Waals surface area contributed by atoms with Gasteiger partial charge in [-0.25, -0.2) is 0 Å². The van der Waals surface area contributed by atoms with Crippen LogP contribution in [0.15, 0.2) is 0 Å². The van der Waals surface area contributed by atoms with E-state index in [1.54, 1.807) is 0 Å². The maximum atomic E-state index is 11.6. The molecule has 0 aromatic heterocycles. The molecule has 0 aromatic carbocycles. The van der Waals surface area contributed by atoms with Gasteiger partial charge >= 0.3 is 0 Å². The summed E-state index contributed by atoms with van der Waals surface area (Å²) in [5.74, 6) is 1.14. The Kier molecular flexibility index (Phi) is 3.68. The summed E-state index contributed by atoms with van der Waals surface area (Å²) in [4.78, 5) is 0. The fourth-order valence-electron chi connectivity index (χ4n) is 1.36. The van der Waals surface area contributed by atoms with Crippen LogP contribution in [0.5, 0.6) is 0 Å². The summed E-state index contributed by atoms with van der Waals surface area (Å²) in [6.07, 6.45) is -0.412. The molecule has 3 unspecified atom stereocenters. The molecule has 3 nitrogen and oxygen atoms in total. The Bertz CT molecular complexity index is 172. The third-order valence-corrected chi connectivity index (χ3v) is 4.11. The lowest BCUT2D eigenvalue weighted by Gasteiger charge is -2.14. The number of rotatable bonds is 3. The van der Waals surface area contributed by atoms with Gasteiger partial charge in [-0.1, -0.05) is 13.8 Å². The number of nitrogens with one attached hydrogen (secondary N) is 1. The van der Waals surface area contributed by atoms with Crippen LogP contribution in [0, 0.1) is 5.92 Å². The zero-order valence-corrected chi connectivity index (χ0v) is 8.43. The molecular weight excluding hydrogens is 174 g/mol. The van der Waals surface area contributed by atoms with E-state index in [1.807, 2.05) is 13.8 Å². The van der Waals surface area contributed by atoms with Crippen LogP contribution in [0.2, 0.25) is 0 Å². The topological polar surface area (TPSA) is 49.3 Å². The lowest BCUT2D eigenvalue weighted by Crippen LogP contribution is -2.31. The van der Waals surface area contributed by atoms with Gasteiger partial charge in [0.2, 0.25) is 0 Å². The molecule has 1 aliphatic heterocycles. The van der Waals surface area contributed by atoms with Gasteiger partial charge in [-0.2, -0.15) is 0 Å². The molecule has 0 radical (unpaired) electrons. The van der Waals surface area contributed by atoms with Crippen molar-refractivity contribution in [2.24, 2.45) is 5.92 Å². The molecule has 72 valence electrons. The molecule has 12 heavy (non-hydrogen) atoms. The van der Waals surface area contributed by atoms with Gasteiger partial charge in [0.25, 0.3) is 0 Å². The van der Waals surface area contributed by atoms with Gasteiger partial charge in [0, 0.05) is 29.6 Å². The minimum atomic E-state index is -0.868. The summed E-state index contributed by atoms with van der Waals surface area (Å²) >= 11 is 0. The van der Waals surface area contributed by atoms with E-state index in [9.17, 15) is 9.32 Å². The van der Waals surface area contributed by atoms with Gasteiger partial charge in [0.1, 0.15) is 0 Å². The number of aliphatic hydroxyl groups is 1. The lowest BCUT2D eigenvalue weighted by molar-refractivity contribution is 0.199. The first-order valence-corrected chi connectivity index (χ1v) is 5.75. The van der Waals surface area contributed by atoms with Crippen molar-refractivity contribution in [3.8, 4) is 0 Å². The second-order valence-corrected chi connectivity index (χ2v) is 5.41. The van der Waals surface area contributed by atoms with Crippen LogP contribution in [-0.4, -0.2) is 39.5 Å². The van der Waals surface area contributed by atoms with E-state index < -0.39 is 16.9 Å². The van der Waals surface area contributed by atoms with E-state index in [4.69, 9.17) is 0 Å². The van der Waals surface area contributed by atoms with E-state index in [2.05, 4.69) is 5.32 Å². The van der Waals surface area contributed by atoms with Crippen molar-refractivity contribution in [1.82, 2.24) is 5.32 Å². The Labute approximate surface area is 76.0 Å². The second-order valence-electron chi connectivity index (χ2n) is 3.71. The monoisotopic (exact) mass is 191 g/mol. The summed E-state index contributed by atoms with van der Waals surface area (Å²) in [5.41, 5.74) is 0. The summed E-state index contributed by atoms with van der Waals surface area (Å²) < 4.78 is 11.6. The Morgan fingerprint density at radius 1 is 1.58 bits per heavy atom. The maximum Gasteiger partial charge on any atom is 0.0820 e. The molecule has 1 rings (SSSR count). The highest BCUT2D eigenvalue weighted by Gasteiger charge is 2.30. The first-order valence-electron chi connectivity index (χ1n) is 4.37. The van der Waals surface area contributed by atoms with Crippen LogP contribution < -0.4 is 5.32 Å². The molecule has 0 aromatic rings. The molecule has 1 fully saturated rings. The molecule has 0 saturated carbocycles. The van der Waals surface area contributed by atoms with E-state index in [1.165, 1.54) is 0 Å². The highest BCUT2D eigenvalue weighted by Crippen LogP contribution is 2.10. The average Bonchev–Trinajstić information content (AvgIpc) is 2.33. The molecular formula is C8H17NO2S. The molecule has 0 spiro atoms. The van der Waals surface area contributed by atoms with Crippen LogP contribution >= 0.6 is 0 Å². The van der Waals surface area contributed by atoms with Crippen molar-refractivity contribution in [2.45, 2.75) is 25.2 Å². The molecule has 2 N–H and O–H groups in total. The van der Waals surface area contributed by atoms with E-state index >= 15 is 0 Å². The minimum absolute atomic E-state index is 0.0487. The fourth-order valence-corrected chi connectivity index (χ4v) is 3.02.